The van der Waals surface area contributed by atoms with E-state index in [2.05, 4.69) is 15.3 Å². The van der Waals surface area contributed by atoms with E-state index in [0.29, 0.717) is 18.4 Å². The van der Waals surface area contributed by atoms with Gasteiger partial charge in [0.1, 0.15) is 17.3 Å². The Kier molecular flexibility index (Phi) is 8.45. The number of nitrogens with zero attached hydrogens (tertiary/aromatic N) is 2. The summed E-state index contributed by atoms with van der Waals surface area (Å²) in [5.74, 6) is 0.836. The number of hydrogen-bond acceptors (Lipinski definition) is 5. The van der Waals surface area contributed by atoms with Crippen molar-refractivity contribution >= 4 is 17.4 Å². The summed E-state index contributed by atoms with van der Waals surface area (Å²) < 4.78 is 10.3. The molecule has 1 aromatic rings. The lowest BCUT2D eigenvalue weighted by Crippen LogP contribution is -2.09. The minimum absolute atomic E-state index is 0.530. The average Bonchev–Trinajstić information content (AvgIpc) is 2.42. The van der Waals surface area contributed by atoms with Crippen LogP contribution in [0.3, 0.4) is 0 Å². The molecule has 5 nitrogen and oxygen atoms in total. The molecule has 0 saturated heterocycles. The zero-order valence-corrected chi connectivity index (χ0v) is 12.4. The SMILES string of the molecule is CCc1c(Cl)ncnc1NCCCCOCCOC. The molecule has 0 fully saturated rings. The molecule has 0 amide bonds. The van der Waals surface area contributed by atoms with Crippen molar-refractivity contribution in [2.45, 2.75) is 26.2 Å². The molecule has 0 aromatic carbocycles. The van der Waals surface area contributed by atoms with Gasteiger partial charge in [-0.05, 0) is 19.3 Å². The quantitative estimate of drug-likeness (QED) is 0.529. The summed E-state index contributed by atoms with van der Waals surface area (Å²) in [6.45, 7) is 4.96. The maximum absolute atomic E-state index is 6.02. The molecule has 1 N–H and O–H groups in total. The Morgan fingerprint density at radius 3 is 2.79 bits per heavy atom. The number of methoxy groups -OCH3 is 1. The molecule has 0 aliphatic carbocycles. The number of rotatable bonds is 10. The lowest BCUT2D eigenvalue weighted by molar-refractivity contribution is 0.0691. The molecule has 6 heteroatoms. The number of aromatic nitrogens is 2. The third-order valence-corrected chi connectivity index (χ3v) is 3.01. The second-order valence-corrected chi connectivity index (χ2v) is 4.44. The van der Waals surface area contributed by atoms with Gasteiger partial charge in [-0.3, -0.25) is 0 Å². The summed E-state index contributed by atoms with van der Waals surface area (Å²) in [7, 11) is 1.67. The first-order valence-corrected chi connectivity index (χ1v) is 6.97. The molecule has 1 aromatic heterocycles. The largest absolute Gasteiger partial charge is 0.382 e. The number of hydrogen-bond donors (Lipinski definition) is 1. The van der Waals surface area contributed by atoms with E-state index < -0.39 is 0 Å². The van der Waals surface area contributed by atoms with Crippen LogP contribution in [0.5, 0.6) is 0 Å². The molecule has 19 heavy (non-hydrogen) atoms. The monoisotopic (exact) mass is 287 g/mol. The zero-order valence-electron chi connectivity index (χ0n) is 11.6. The van der Waals surface area contributed by atoms with E-state index in [4.69, 9.17) is 21.1 Å². The third-order valence-electron chi connectivity index (χ3n) is 2.69. The molecule has 1 rings (SSSR count). The predicted octanol–water partition coefficient (Wildman–Crippen LogP) is 2.55. The Morgan fingerprint density at radius 2 is 2.05 bits per heavy atom. The molecule has 0 atom stereocenters. The average molecular weight is 288 g/mol. The number of unbranched alkanes of at least 4 members (excludes halogenated alkanes) is 1. The molecular weight excluding hydrogens is 266 g/mol. The molecule has 0 aliphatic heterocycles. The summed E-state index contributed by atoms with van der Waals surface area (Å²) in [4.78, 5) is 8.19. The maximum Gasteiger partial charge on any atom is 0.137 e. The van der Waals surface area contributed by atoms with Crippen LogP contribution in [0, 0.1) is 0 Å². The number of halogens is 1. The second kappa shape index (κ2) is 9.95. The van der Waals surface area contributed by atoms with Gasteiger partial charge in [-0.2, -0.15) is 0 Å². The van der Waals surface area contributed by atoms with Gasteiger partial charge in [0, 0.05) is 25.8 Å². The highest BCUT2D eigenvalue weighted by atomic mass is 35.5. The standard InChI is InChI=1S/C13H22ClN3O2/c1-3-11-12(14)16-10-17-13(11)15-6-4-5-7-19-9-8-18-2/h10H,3-9H2,1-2H3,(H,15,16,17). The summed E-state index contributed by atoms with van der Waals surface area (Å²) in [5, 5.41) is 3.82. The van der Waals surface area contributed by atoms with E-state index >= 15 is 0 Å². The van der Waals surface area contributed by atoms with Crippen LogP contribution in [0.2, 0.25) is 5.15 Å². The topological polar surface area (TPSA) is 56.3 Å². The maximum atomic E-state index is 6.02. The predicted molar refractivity (Wildman–Crippen MR) is 76.8 cm³/mol. The van der Waals surface area contributed by atoms with Gasteiger partial charge in [0.25, 0.3) is 0 Å². The van der Waals surface area contributed by atoms with Gasteiger partial charge < -0.3 is 14.8 Å². The zero-order chi connectivity index (χ0) is 13.9. The molecule has 0 spiro atoms. The minimum atomic E-state index is 0.530. The highest BCUT2D eigenvalue weighted by molar-refractivity contribution is 6.30. The first kappa shape index (κ1) is 16.1. The van der Waals surface area contributed by atoms with Crippen molar-refractivity contribution in [2.24, 2.45) is 0 Å². The van der Waals surface area contributed by atoms with Gasteiger partial charge in [-0.15, -0.1) is 0 Å². The smallest absolute Gasteiger partial charge is 0.137 e. The molecule has 0 saturated carbocycles. The van der Waals surface area contributed by atoms with Crippen molar-refractivity contribution in [3.05, 3.63) is 17.0 Å². The van der Waals surface area contributed by atoms with Gasteiger partial charge in [0.2, 0.25) is 0 Å². The molecule has 108 valence electrons. The normalized spacial score (nSPS) is 10.7. The number of nitrogens with one attached hydrogen (secondary N) is 1. The fourth-order valence-electron chi connectivity index (χ4n) is 1.64. The Balaban J connectivity index is 2.17. The van der Waals surface area contributed by atoms with Crippen molar-refractivity contribution < 1.29 is 9.47 Å². The summed E-state index contributed by atoms with van der Waals surface area (Å²) in [6, 6.07) is 0. The molecule has 0 radical (unpaired) electrons. The van der Waals surface area contributed by atoms with Crippen LogP contribution in [0.15, 0.2) is 6.33 Å². The summed E-state index contributed by atoms with van der Waals surface area (Å²) >= 11 is 6.02. The van der Waals surface area contributed by atoms with Crippen LogP contribution in [0.1, 0.15) is 25.3 Å². The van der Waals surface area contributed by atoms with E-state index in [0.717, 1.165) is 43.8 Å². The van der Waals surface area contributed by atoms with Crippen LogP contribution < -0.4 is 5.32 Å². The van der Waals surface area contributed by atoms with Crippen molar-refractivity contribution in [1.29, 1.82) is 0 Å². The lowest BCUT2D eigenvalue weighted by Gasteiger charge is -2.10. The Morgan fingerprint density at radius 1 is 1.21 bits per heavy atom. The van der Waals surface area contributed by atoms with Gasteiger partial charge in [0.15, 0.2) is 0 Å². The highest BCUT2D eigenvalue weighted by Crippen LogP contribution is 2.19. The van der Waals surface area contributed by atoms with E-state index in [-0.39, 0.29) is 0 Å². The van der Waals surface area contributed by atoms with Gasteiger partial charge in [-0.1, -0.05) is 18.5 Å². The second-order valence-electron chi connectivity index (χ2n) is 4.08. The van der Waals surface area contributed by atoms with Crippen molar-refractivity contribution in [3.8, 4) is 0 Å². The Labute approximate surface area is 119 Å². The first-order chi connectivity index (χ1) is 9.29. The van der Waals surface area contributed by atoms with Gasteiger partial charge in [0.05, 0.1) is 13.2 Å². The first-order valence-electron chi connectivity index (χ1n) is 6.59. The van der Waals surface area contributed by atoms with Crippen molar-refractivity contribution in [3.63, 3.8) is 0 Å². The highest BCUT2D eigenvalue weighted by Gasteiger charge is 2.06. The summed E-state index contributed by atoms with van der Waals surface area (Å²) in [5.41, 5.74) is 0.973. The van der Waals surface area contributed by atoms with E-state index in [1.165, 1.54) is 6.33 Å². The molecule has 0 bridgehead atoms. The minimum Gasteiger partial charge on any atom is -0.382 e. The fraction of sp³-hybridized carbons (Fsp3) is 0.692. The molecular formula is C13H22ClN3O2. The van der Waals surface area contributed by atoms with Gasteiger partial charge >= 0.3 is 0 Å². The van der Waals surface area contributed by atoms with E-state index in [9.17, 15) is 0 Å². The lowest BCUT2D eigenvalue weighted by atomic mass is 10.2. The molecule has 0 aliphatic rings. The Hall–Kier alpha value is -0.910. The van der Waals surface area contributed by atoms with E-state index in [1.54, 1.807) is 7.11 Å². The van der Waals surface area contributed by atoms with Gasteiger partial charge in [-0.25, -0.2) is 9.97 Å². The molecule has 1 heterocycles. The van der Waals surface area contributed by atoms with Crippen LogP contribution in [0.25, 0.3) is 0 Å². The van der Waals surface area contributed by atoms with E-state index in [1.807, 2.05) is 6.92 Å². The molecule has 0 unspecified atom stereocenters. The third kappa shape index (κ3) is 6.18. The Bertz CT molecular complexity index is 364. The number of ether oxygens (including phenoxy) is 2. The van der Waals surface area contributed by atoms with Crippen LogP contribution in [0.4, 0.5) is 5.82 Å². The van der Waals surface area contributed by atoms with Crippen molar-refractivity contribution in [1.82, 2.24) is 9.97 Å². The van der Waals surface area contributed by atoms with Crippen LogP contribution in [-0.2, 0) is 15.9 Å². The van der Waals surface area contributed by atoms with Crippen LogP contribution >= 0.6 is 11.6 Å². The number of anilines is 1. The summed E-state index contributed by atoms with van der Waals surface area (Å²) in [6.07, 6.45) is 4.34. The van der Waals surface area contributed by atoms with Crippen LogP contribution in [-0.4, -0.2) is 43.4 Å². The fourth-order valence-corrected chi connectivity index (χ4v) is 1.90. The van der Waals surface area contributed by atoms with Crippen molar-refractivity contribution in [2.75, 3.05) is 38.8 Å².